The van der Waals surface area contributed by atoms with Crippen molar-refractivity contribution in [2.45, 2.75) is 10.9 Å². The third kappa shape index (κ3) is 3.36. The maximum absolute atomic E-state index is 13.8. The number of nitrogens with one attached hydrogen (secondary N) is 1. The van der Waals surface area contributed by atoms with Gasteiger partial charge in [-0.05, 0) is 47.9 Å². The second kappa shape index (κ2) is 6.70. The first-order chi connectivity index (χ1) is 12.8. The molecule has 0 unspecified atom stereocenters. The van der Waals surface area contributed by atoms with Crippen LogP contribution in [0.4, 0.5) is 4.39 Å². The second-order valence-corrected chi connectivity index (χ2v) is 8.67. The Morgan fingerprint density at radius 3 is 2.56 bits per heavy atom. The molecule has 27 heavy (non-hydrogen) atoms. The van der Waals surface area contributed by atoms with Crippen molar-refractivity contribution in [1.82, 2.24) is 10.2 Å². The van der Waals surface area contributed by atoms with Crippen LogP contribution >= 0.6 is 0 Å². The van der Waals surface area contributed by atoms with Gasteiger partial charge in [0.05, 0.1) is 10.9 Å². The lowest BCUT2D eigenvalue weighted by Gasteiger charge is -2.28. The fourth-order valence-corrected chi connectivity index (χ4v) is 4.72. The number of hydrogen-bond acceptors (Lipinski definition) is 4. The number of hydrogen-bond donors (Lipinski definition) is 2. The van der Waals surface area contributed by atoms with Crippen LogP contribution in [0.5, 0.6) is 0 Å². The van der Waals surface area contributed by atoms with E-state index >= 15 is 0 Å². The zero-order valence-corrected chi connectivity index (χ0v) is 15.3. The number of primary sulfonamides is 1. The lowest BCUT2D eigenvalue weighted by molar-refractivity contribution is 0.0713. The largest absolute Gasteiger partial charge is 0.331 e. The van der Waals surface area contributed by atoms with E-state index in [-0.39, 0.29) is 28.6 Å². The van der Waals surface area contributed by atoms with E-state index in [1.54, 1.807) is 11.0 Å². The van der Waals surface area contributed by atoms with Crippen LogP contribution in [0.1, 0.15) is 22.0 Å². The Morgan fingerprint density at radius 2 is 1.89 bits per heavy atom. The Kier molecular flexibility index (Phi) is 4.49. The number of amides is 1. The number of sulfonamides is 1. The van der Waals surface area contributed by atoms with Gasteiger partial charge in [0.2, 0.25) is 10.0 Å². The van der Waals surface area contributed by atoms with Crippen LogP contribution in [-0.4, -0.2) is 38.9 Å². The van der Waals surface area contributed by atoms with Crippen LogP contribution in [0.2, 0.25) is 0 Å². The summed E-state index contributed by atoms with van der Waals surface area (Å²) in [5, 5.41) is 8.46. The molecule has 2 aromatic rings. The normalized spacial score (nSPS) is 24.8. The molecule has 4 rings (SSSR count). The first-order valence-electron chi connectivity index (χ1n) is 8.74. The molecule has 0 aliphatic carbocycles. The quantitative estimate of drug-likeness (QED) is 0.832. The molecule has 0 radical (unpaired) electrons. The van der Waals surface area contributed by atoms with E-state index in [9.17, 15) is 17.6 Å². The minimum atomic E-state index is -3.81. The van der Waals surface area contributed by atoms with Crippen LogP contribution in [0.25, 0.3) is 0 Å². The Morgan fingerprint density at radius 1 is 1.15 bits per heavy atom. The van der Waals surface area contributed by atoms with Crippen LogP contribution in [0.15, 0.2) is 53.4 Å². The number of benzene rings is 2. The van der Waals surface area contributed by atoms with Crippen molar-refractivity contribution in [2.75, 3.05) is 19.6 Å². The molecule has 142 valence electrons. The summed E-state index contributed by atoms with van der Waals surface area (Å²) in [5.41, 5.74) is 1.16. The van der Waals surface area contributed by atoms with E-state index in [0.29, 0.717) is 18.0 Å². The van der Waals surface area contributed by atoms with Gasteiger partial charge in [-0.25, -0.2) is 17.9 Å². The molecular formula is C19H20FN3O3S. The van der Waals surface area contributed by atoms with E-state index in [2.05, 4.69) is 5.32 Å². The summed E-state index contributed by atoms with van der Waals surface area (Å²) in [5.74, 6) is 0.0109. The van der Waals surface area contributed by atoms with Gasteiger partial charge >= 0.3 is 0 Å². The number of fused-ring (bicyclic) bond motifs is 1. The van der Waals surface area contributed by atoms with Crippen molar-refractivity contribution >= 4 is 15.9 Å². The third-order valence-electron chi connectivity index (χ3n) is 5.45. The second-order valence-electron chi connectivity index (χ2n) is 7.11. The van der Waals surface area contributed by atoms with E-state index in [4.69, 9.17) is 5.14 Å². The van der Waals surface area contributed by atoms with E-state index in [1.165, 1.54) is 36.4 Å². The van der Waals surface area contributed by atoms with Crippen molar-refractivity contribution < 1.29 is 17.6 Å². The van der Waals surface area contributed by atoms with Crippen molar-refractivity contribution in [3.8, 4) is 0 Å². The summed E-state index contributed by atoms with van der Waals surface area (Å²) in [6.07, 6.45) is 0. The van der Waals surface area contributed by atoms with Crippen molar-refractivity contribution in [3.05, 3.63) is 65.5 Å². The Bertz CT molecular complexity index is 978. The number of carbonyl (C=O) groups excluding carboxylic acids is 1. The van der Waals surface area contributed by atoms with Gasteiger partial charge in [0.25, 0.3) is 5.91 Å². The van der Waals surface area contributed by atoms with Crippen LogP contribution in [0, 0.1) is 17.7 Å². The molecule has 0 spiro atoms. The first-order valence-corrected chi connectivity index (χ1v) is 10.3. The molecule has 3 N–H and O–H groups in total. The summed E-state index contributed by atoms with van der Waals surface area (Å²) in [7, 11) is -3.81. The van der Waals surface area contributed by atoms with E-state index in [0.717, 1.165) is 18.7 Å². The maximum atomic E-state index is 13.8. The van der Waals surface area contributed by atoms with Crippen LogP contribution in [0.3, 0.4) is 0 Å². The average Bonchev–Trinajstić information content (AvgIpc) is 3.21. The summed E-state index contributed by atoms with van der Waals surface area (Å²) in [6, 6.07) is 11.8. The number of nitrogens with two attached hydrogens (primary N) is 1. The van der Waals surface area contributed by atoms with Crippen molar-refractivity contribution in [3.63, 3.8) is 0 Å². The molecule has 6 nitrogen and oxygen atoms in total. The maximum Gasteiger partial charge on any atom is 0.254 e. The molecule has 8 heteroatoms. The summed E-state index contributed by atoms with van der Waals surface area (Å²) in [4.78, 5) is 14.9. The number of carbonyl (C=O) groups is 1. The molecular weight excluding hydrogens is 369 g/mol. The standard InChI is InChI=1S/C19H20FN3O3S/c20-15-3-1-2-13(8-15)18-17-10-22-9-14(17)11-23(18)19(24)12-4-6-16(7-5-12)27(21,25)26/h1-8,14,17-18,22H,9-11H2,(H2,21,25,26)/t14-,17-,18-/m0/s1. The highest BCUT2D eigenvalue weighted by atomic mass is 32.2. The number of halogens is 1. The fraction of sp³-hybridized carbons (Fsp3) is 0.316. The Balaban J connectivity index is 1.67. The monoisotopic (exact) mass is 389 g/mol. The molecule has 1 amide bonds. The molecule has 2 aliphatic rings. The highest BCUT2D eigenvalue weighted by Crippen LogP contribution is 2.43. The topological polar surface area (TPSA) is 92.5 Å². The molecule has 2 fully saturated rings. The van der Waals surface area contributed by atoms with Gasteiger partial charge in [0, 0.05) is 31.1 Å². The lowest BCUT2D eigenvalue weighted by Crippen LogP contribution is -2.34. The average molecular weight is 389 g/mol. The summed E-state index contributed by atoms with van der Waals surface area (Å²) in [6.45, 7) is 2.18. The zero-order valence-electron chi connectivity index (χ0n) is 14.5. The third-order valence-corrected chi connectivity index (χ3v) is 6.37. The molecule has 0 aromatic heterocycles. The van der Waals surface area contributed by atoms with E-state index < -0.39 is 10.0 Å². The molecule has 0 saturated carbocycles. The zero-order chi connectivity index (χ0) is 19.2. The molecule has 2 heterocycles. The minimum absolute atomic E-state index is 0.0387. The summed E-state index contributed by atoms with van der Waals surface area (Å²) >= 11 is 0. The lowest BCUT2D eigenvalue weighted by atomic mass is 9.89. The molecule has 2 aliphatic heterocycles. The Labute approximate surface area is 157 Å². The number of rotatable bonds is 3. The van der Waals surface area contributed by atoms with Gasteiger partial charge in [-0.15, -0.1) is 0 Å². The van der Waals surface area contributed by atoms with E-state index in [1.807, 2.05) is 6.07 Å². The first kappa shape index (κ1) is 18.1. The Hall–Kier alpha value is -2.29. The highest BCUT2D eigenvalue weighted by Gasteiger charge is 2.46. The van der Waals surface area contributed by atoms with Gasteiger partial charge in [0.15, 0.2) is 0 Å². The number of likely N-dealkylation sites (tertiary alicyclic amines) is 1. The van der Waals surface area contributed by atoms with Gasteiger partial charge in [0.1, 0.15) is 5.82 Å². The predicted octanol–water partition coefficient (Wildman–Crippen LogP) is 1.51. The molecule has 2 saturated heterocycles. The highest BCUT2D eigenvalue weighted by molar-refractivity contribution is 7.89. The smallest absolute Gasteiger partial charge is 0.254 e. The summed E-state index contributed by atoms with van der Waals surface area (Å²) < 4.78 is 36.6. The number of nitrogens with zero attached hydrogens (tertiary/aromatic N) is 1. The van der Waals surface area contributed by atoms with Crippen LogP contribution in [-0.2, 0) is 10.0 Å². The SMILES string of the molecule is NS(=O)(=O)c1ccc(C(=O)N2C[C@@H]3CNC[C@@H]3[C@@H]2c2cccc(F)c2)cc1. The molecule has 0 bridgehead atoms. The van der Waals surface area contributed by atoms with Gasteiger partial charge in [-0.2, -0.15) is 0 Å². The predicted molar refractivity (Wildman–Crippen MR) is 97.8 cm³/mol. The fourth-order valence-electron chi connectivity index (χ4n) is 4.20. The minimum Gasteiger partial charge on any atom is -0.331 e. The molecule has 3 atom stereocenters. The van der Waals surface area contributed by atoms with Crippen molar-refractivity contribution in [1.29, 1.82) is 0 Å². The van der Waals surface area contributed by atoms with Gasteiger partial charge in [-0.3, -0.25) is 4.79 Å². The van der Waals surface area contributed by atoms with Crippen molar-refractivity contribution in [2.24, 2.45) is 17.0 Å². The molecule has 2 aromatic carbocycles. The van der Waals surface area contributed by atoms with Gasteiger partial charge in [-0.1, -0.05) is 12.1 Å². The van der Waals surface area contributed by atoms with Gasteiger partial charge < -0.3 is 10.2 Å². The van der Waals surface area contributed by atoms with Crippen LogP contribution < -0.4 is 10.5 Å².